The fraction of sp³-hybridized carbons (Fsp3) is 0.231. The van der Waals surface area contributed by atoms with Gasteiger partial charge in [0, 0.05) is 12.2 Å². The zero-order chi connectivity index (χ0) is 16.0. The highest BCUT2D eigenvalue weighted by Crippen LogP contribution is 2.33. The van der Waals surface area contributed by atoms with Crippen LogP contribution in [0, 0.1) is 0 Å². The highest BCUT2D eigenvalue weighted by Gasteiger charge is 2.31. The standard InChI is InChI=1S/C13H11ClF3NO3/c1-2-21-12(20)6-5-11(19)18-10-7-8(13(15,16)17)3-4-9(10)14/h3-7H,2H2,1H3,(H,18,19)/b6-5+. The van der Waals surface area contributed by atoms with E-state index in [-0.39, 0.29) is 17.3 Å². The van der Waals surface area contributed by atoms with E-state index in [2.05, 4.69) is 10.1 Å². The van der Waals surface area contributed by atoms with Gasteiger partial charge in [-0.05, 0) is 25.1 Å². The number of rotatable bonds is 4. The lowest BCUT2D eigenvalue weighted by Gasteiger charge is -2.10. The number of ether oxygens (including phenoxy) is 1. The Morgan fingerprint density at radius 3 is 2.57 bits per heavy atom. The van der Waals surface area contributed by atoms with Gasteiger partial charge in [-0.25, -0.2) is 4.79 Å². The van der Waals surface area contributed by atoms with Gasteiger partial charge < -0.3 is 10.1 Å². The van der Waals surface area contributed by atoms with E-state index < -0.39 is 23.6 Å². The maximum absolute atomic E-state index is 12.5. The third-order valence-electron chi connectivity index (χ3n) is 2.21. The summed E-state index contributed by atoms with van der Waals surface area (Å²) < 4.78 is 42.2. The number of hydrogen-bond donors (Lipinski definition) is 1. The molecule has 0 spiro atoms. The summed E-state index contributed by atoms with van der Waals surface area (Å²) in [7, 11) is 0. The molecule has 21 heavy (non-hydrogen) atoms. The zero-order valence-corrected chi connectivity index (χ0v) is 11.6. The van der Waals surface area contributed by atoms with Gasteiger partial charge in [-0.2, -0.15) is 13.2 Å². The molecule has 1 N–H and O–H groups in total. The third-order valence-corrected chi connectivity index (χ3v) is 2.54. The minimum Gasteiger partial charge on any atom is -0.463 e. The van der Waals surface area contributed by atoms with E-state index in [9.17, 15) is 22.8 Å². The van der Waals surface area contributed by atoms with Gasteiger partial charge in [0.1, 0.15) is 0 Å². The first kappa shape index (κ1) is 17.0. The van der Waals surface area contributed by atoms with Crippen molar-refractivity contribution in [3.8, 4) is 0 Å². The van der Waals surface area contributed by atoms with Gasteiger partial charge in [0.05, 0.1) is 22.9 Å². The second kappa shape index (κ2) is 7.12. The molecule has 1 rings (SSSR count). The lowest BCUT2D eigenvalue weighted by atomic mass is 10.2. The average molecular weight is 322 g/mol. The Balaban J connectivity index is 2.83. The van der Waals surface area contributed by atoms with E-state index in [4.69, 9.17) is 11.6 Å². The minimum atomic E-state index is -4.55. The summed E-state index contributed by atoms with van der Waals surface area (Å²) in [6, 6.07) is 2.53. The molecule has 1 aromatic carbocycles. The molecule has 0 aromatic heterocycles. The number of hydrogen-bond acceptors (Lipinski definition) is 3. The van der Waals surface area contributed by atoms with Crippen molar-refractivity contribution in [1.82, 2.24) is 0 Å². The monoisotopic (exact) mass is 321 g/mol. The number of nitrogens with one attached hydrogen (secondary N) is 1. The van der Waals surface area contributed by atoms with E-state index in [1.165, 1.54) is 0 Å². The van der Waals surface area contributed by atoms with Crippen LogP contribution in [0.3, 0.4) is 0 Å². The quantitative estimate of drug-likeness (QED) is 0.683. The molecule has 0 saturated carbocycles. The first-order valence-electron chi connectivity index (χ1n) is 5.76. The summed E-state index contributed by atoms with van der Waals surface area (Å²) in [5.74, 6) is -1.54. The normalized spacial score (nSPS) is 11.5. The average Bonchev–Trinajstić information content (AvgIpc) is 2.38. The summed E-state index contributed by atoms with van der Waals surface area (Å²) in [4.78, 5) is 22.5. The zero-order valence-electron chi connectivity index (χ0n) is 10.8. The molecule has 0 atom stereocenters. The molecule has 114 valence electrons. The van der Waals surface area contributed by atoms with Crippen LogP contribution in [0.1, 0.15) is 12.5 Å². The van der Waals surface area contributed by atoms with Crippen molar-refractivity contribution in [2.24, 2.45) is 0 Å². The van der Waals surface area contributed by atoms with Gasteiger partial charge >= 0.3 is 12.1 Å². The van der Waals surface area contributed by atoms with Crippen LogP contribution in [-0.2, 0) is 20.5 Å². The Kier molecular flexibility index (Phi) is 5.78. The lowest BCUT2D eigenvalue weighted by Crippen LogP contribution is -2.12. The van der Waals surface area contributed by atoms with Crippen LogP contribution < -0.4 is 5.32 Å². The molecule has 0 heterocycles. The number of anilines is 1. The SMILES string of the molecule is CCOC(=O)/C=C/C(=O)Nc1cc(C(F)(F)F)ccc1Cl. The highest BCUT2D eigenvalue weighted by molar-refractivity contribution is 6.33. The van der Waals surface area contributed by atoms with Crippen molar-refractivity contribution in [1.29, 1.82) is 0 Å². The van der Waals surface area contributed by atoms with Gasteiger partial charge in [-0.1, -0.05) is 11.6 Å². The number of halogens is 4. The molecule has 1 amide bonds. The van der Waals surface area contributed by atoms with Crippen LogP contribution in [0.25, 0.3) is 0 Å². The molecule has 8 heteroatoms. The van der Waals surface area contributed by atoms with Crippen molar-refractivity contribution in [2.75, 3.05) is 11.9 Å². The van der Waals surface area contributed by atoms with E-state index in [0.717, 1.165) is 24.3 Å². The molecule has 1 aromatic rings. The summed E-state index contributed by atoms with van der Waals surface area (Å²) >= 11 is 5.71. The number of benzene rings is 1. The first-order chi connectivity index (χ1) is 9.74. The Morgan fingerprint density at radius 2 is 2.00 bits per heavy atom. The van der Waals surface area contributed by atoms with Crippen LogP contribution in [0.4, 0.5) is 18.9 Å². The molecule has 4 nitrogen and oxygen atoms in total. The Bertz CT molecular complexity index is 570. The smallest absolute Gasteiger partial charge is 0.416 e. The topological polar surface area (TPSA) is 55.4 Å². The number of alkyl halides is 3. The van der Waals surface area contributed by atoms with Gasteiger partial charge in [0.15, 0.2) is 0 Å². The Morgan fingerprint density at radius 1 is 1.33 bits per heavy atom. The van der Waals surface area contributed by atoms with Gasteiger partial charge in [0.2, 0.25) is 5.91 Å². The van der Waals surface area contributed by atoms with Crippen molar-refractivity contribution in [3.05, 3.63) is 40.9 Å². The molecule has 0 fully saturated rings. The molecular weight excluding hydrogens is 311 g/mol. The number of esters is 1. The van der Waals surface area contributed by atoms with Crippen LogP contribution in [0.15, 0.2) is 30.4 Å². The van der Waals surface area contributed by atoms with E-state index in [1.807, 2.05) is 0 Å². The van der Waals surface area contributed by atoms with Gasteiger partial charge in [0.25, 0.3) is 0 Å². The Labute approximate surface area is 123 Å². The predicted octanol–water partition coefficient (Wildman–Crippen LogP) is 3.42. The van der Waals surface area contributed by atoms with Crippen molar-refractivity contribution < 1.29 is 27.5 Å². The lowest BCUT2D eigenvalue weighted by molar-refractivity contribution is -0.138. The molecule has 0 radical (unpaired) electrons. The summed E-state index contributed by atoms with van der Waals surface area (Å²) in [6.45, 7) is 1.73. The largest absolute Gasteiger partial charge is 0.463 e. The molecule has 0 bridgehead atoms. The van der Waals surface area contributed by atoms with E-state index in [1.54, 1.807) is 6.92 Å². The number of carbonyl (C=O) groups excluding carboxylic acids is 2. The van der Waals surface area contributed by atoms with Crippen molar-refractivity contribution in [2.45, 2.75) is 13.1 Å². The molecule has 0 aliphatic carbocycles. The second-order valence-corrected chi connectivity index (χ2v) is 4.17. The fourth-order valence-corrected chi connectivity index (χ4v) is 1.47. The van der Waals surface area contributed by atoms with E-state index >= 15 is 0 Å². The Hall–Kier alpha value is -2.02. The first-order valence-corrected chi connectivity index (χ1v) is 6.14. The maximum atomic E-state index is 12.5. The van der Waals surface area contributed by atoms with E-state index in [0.29, 0.717) is 6.07 Å². The minimum absolute atomic E-state index is 0.0547. The second-order valence-electron chi connectivity index (χ2n) is 3.77. The molecule has 0 aliphatic heterocycles. The van der Waals surface area contributed by atoms with Crippen molar-refractivity contribution >= 4 is 29.2 Å². The molecule has 0 aliphatic rings. The summed E-state index contributed by atoms with van der Waals surface area (Å²) in [5, 5.41) is 2.10. The van der Waals surface area contributed by atoms with Crippen LogP contribution in [0.5, 0.6) is 0 Å². The van der Waals surface area contributed by atoms with Crippen LogP contribution in [0.2, 0.25) is 5.02 Å². The summed E-state index contributed by atoms with van der Waals surface area (Å²) in [6.07, 6.45) is -2.85. The van der Waals surface area contributed by atoms with Gasteiger partial charge in [-0.3, -0.25) is 4.79 Å². The van der Waals surface area contributed by atoms with Crippen LogP contribution >= 0.6 is 11.6 Å². The fourth-order valence-electron chi connectivity index (χ4n) is 1.31. The molecule has 0 saturated heterocycles. The number of carbonyl (C=O) groups is 2. The molecule has 0 unspecified atom stereocenters. The summed E-state index contributed by atoms with van der Waals surface area (Å²) in [5.41, 5.74) is -1.15. The molecular formula is C13H11ClF3NO3. The van der Waals surface area contributed by atoms with Crippen molar-refractivity contribution in [3.63, 3.8) is 0 Å². The third kappa shape index (κ3) is 5.47. The van der Waals surface area contributed by atoms with Crippen LogP contribution in [-0.4, -0.2) is 18.5 Å². The predicted molar refractivity (Wildman–Crippen MR) is 70.9 cm³/mol. The van der Waals surface area contributed by atoms with Gasteiger partial charge in [-0.15, -0.1) is 0 Å². The number of amides is 1. The maximum Gasteiger partial charge on any atom is 0.416 e. The highest BCUT2D eigenvalue weighted by atomic mass is 35.5.